The van der Waals surface area contributed by atoms with Crippen LogP contribution in [0.3, 0.4) is 0 Å². The van der Waals surface area contributed by atoms with Gasteiger partial charge in [-0.15, -0.1) is 0 Å². The van der Waals surface area contributed by atoms with E-state index in [0.29, 0.717) is 38.9 Å². The van der Waals surface area contributed by atoms with Gasteiger partial charge in [0.2, 0.25) is 5.95 Å². The maximum atomic E-state index is 13.9. The largest absolute Gasteiger partial charge is 0.362 e. The Morgan fingerprint density at radius 2 is 1.93 bits per heavy atom. The molecule has 0 spiro atoms. The van der Waals surface area contributed by atoms with E-state index in [2.05, 4.69) is 30.2 Å². The highest BCUT2D eigenvalue weighted by Gasteiger charge is 2.19. The van der Waals surface area contributed by atoms with Crippen molar-refractivity contribution in [1.82, 2.24) is 29.9 Å². The van der Waals surface area contributed by atoms with Crippen molar-refractivity contribution in [1.29, 1.82) is 0 Å². The molecule has 0 saturated heterocycles. The van der Waals surface area contributed by atoms with E-state index in [1.807, 2.05) is 25.1 Å². The molecule has 0 fully saturated rings. The number of hydrogen-bond donors (Lipinski definition) is 2. The van der Waals surface area contributed by atoms with Gasteiger partial charge in [0.15, 0.2) is 11.5 Å². The SMILES string of the molecule is C[C@H](Nc1ncnc2nc[nH]c12)c1cc2cccc(Cl)c2nc1-c1cccc(F)n1. The highest BCUT2D eigenvalue weighted by Crippen LogP contribution is 2.33. The van der Waals surface area contributed by atoms with Gasteiger partial charge in [0.1, 0.15) is 11.8 Å². The van der Waals surface area contributed by atoms with Gasteiger partial charge in [0.25, 0.3) is 0 Å². The predicted molar refractivity (Wildman–Crippen MR) is 114 cm³/mol. The summed E-state index contributed by atoms with van der Waals surface area (Å²) >= 11 is 6.36. The van der Waals surface area contributed by atoms with Crippen molar-refractivity contribution in [2.24, 2.45) is 0 Å². The maximum absolute atomic E-state index is 13.9. The first-order valence-electron chi connectivity index (χ1n) is 9.23. The Bertz CT molecular complexity index is 1380. The second-order valence-corrected chi connectivity index (χ2v) is 7.18. The molecule has 0 aliphatic heterocycles. The molecule has 0 saturated carbocycles. The van der Waals surface area contributed by atoms with E-state index in [9.17, 15) is 4.39 Å². The lowest BCUT2D eigenvalue weighted by Gasteiger charge is -2.19. The van der Waals surface area contributed by atoms with Crippen molar-refractivity contribution >= 4 is 39.5 Å². The lowest BCUT2D eigenvalue weighted by atomic mass is 10.0. The van der Waals surface area contributed by atoms with Crippen LogP contribution in [0.2, 0.25) is 5.02 Å². The van der Waals surface area contributed by atoms with E-state index < -0.39 is 5.95 Å². The maximum Gasteiger partial charge on any atom is 0.213 e. The topological polar surface area (TPSA) is 92.3 Å². The zero-order valence-electron chi connectivity index (χ0n) is 15.8. The van der Waals surface area contributed by atoms with Crippen LogP contribution in [0.15, 0.2) is 55.1 Å². The Kier molecular flexibility index (Phi) is 4.48. The van der Waals surface area contributed by atoms with Crippen molar-refractivity contribution in [3.05, 3.63) is 71.7 Å². The Labute approximate surface area is 175 Å². The molecule has 0 aliphatic rings. The Balaban J connectivity index is 1.66. The van der Waals surface area contributed by atoms with Crippen molar-refractivity contribution in [2.75, 3.05) is 5.32 Å². The summed E-state index contributed by atoms with van der Waals surface area (Å²) in [5.74, 6) is 0.0319. The lowest BCUT2D eigenvalue weighted by Crippen LogP contribution is -2.11. The zero-order chi connectivity index (χ0) is 20.7. The molecule has 0 radical (unpaired) electrons. The minimum absolute atomic E-state index is 0.234. The van der Waals surface area contributed by atoms with Crippen LogP contribution in [0.4, 0.5) is 10.2 Å². The fourth-order valence-corrected chi connectivity index (χ4v) is 3.64. The van der Waals surface area contributed by atoms with Gasteiger partial charge in [-0.2, -0.15) is 4.39 Å². The second-order valence-electron chi connectivity index (χ2n) is 6.77. The third-order valence-corrected chi connectivity index (χ3v) is 5.13. The molecule has 9 heteroatoms. The number of aromatic nitrogens is 6. The molecule has 5 rings (SSSR count). The number of pyridine rings is 2. The van der Waals surface area contributed by atoms with E-state index >= 15 is 0 Å². The van der Waals surface area contributed by atoms with Gasteiger partial charge in [-0.25, -0.2) is 24.9 Å². The second kappa shape index (κ2) is 7.31. The number of rotatable bonds is 4. The molecular weight excluding hydrogens is 405 g/mol. The van der Waals surface area contributed by atoms with E-state index in [4.69, 9.17) is 16.6 Å². The standard InChI is InChI=1S/C21H15ClFN7/c1-11(28-21-19-20(25-9-24-19)26-10-27-21)13-8-12-4-2-5-14(22)17(12)30-18(13)15-6-3-7-16(23)29-15/h2-11H,1H3,(H2,24,25,26,27,28)/t11-/m0/s1. The number of H-pyrrole nitrogens is 1. The van der Waals surface area contributed by atoms with Crippen LogP contribution in [0.25, 0.3) is 33.5 Å². The Morgan fingerprint density at radius 3 is 2.80 bits per heavy atom. The Morgan fingerprint density at radius 1 is 1.07 bits per heavy atom. The number of hydrogen-bond acceptors (Lipinski definition) is 6. The van der Waals surface area contributed by atoms with E-state index in [-0.39, 0.29) is 6.04 Å². The van der Waals surface area contributed by atoms with Gasteiger partial charge in [0, 0.05) is 10.9 Å². The third-order valence-electron chi connectivity index (χ3n) is 4.83. The number of fused-ring (bicyclic) bond motifs is 2. The van der Waals surface area contributed by atoms with Gasteiger partial charge < -0.3 is 10.3 Å². The first kappa shape index (κ1) is 18.4. The van der Waals surface area contributed by atoms with Gasteiger partial charge in [0.05, 0.1) is 34.3 Å². The summed E-state index contributed by atoms with van der Waals surface area (Å²) < 4.78 is 13.9. The molecule has 30 heavy (non-hydrogen) atoms. The summed E-state index contributed by atoms with van der Waals surface area (Å²) in [6, 6.07) is 12.0. The summed E-state index contributed by atoms with van der Waals surface area (Å²) in [6.07, 6.45) is 3.02. The summed E-state index contributed by atoms with van der Waals surface area (Å²) in [7, 11) is 0. The number of nitrogens with zero attached hydrogens (tertiary/aromatic N) is 5. The number of aromatic amines is 1. The minimum Gasteiger partial charge on any atom is -0.362 e. The molecule has 0 amide bonds. The lowest BCUT2D eigenvalue weighted by molar-refractivity contribution is 0.585. The van der Waals surface area contributed by atoms with Crippen LogP contribution in [-0.2, 0) is 0 Å². The molecule has 7 nitrogen and oxygen atoms in total. The first-order valence-corrected chi connectivity index (χ1v) is 9.60. The van der Waals surface area contributed by atoms with Crippen molar-refractivity contribution in [2.45, 2.75) is 13.0 Å². The first-order chi connectivity index (χ1) is 14.6. The monoisotopic (exact) mass is 419 g/mol. The average Bonchev–Trinajstić information content (AvgIpc) is 3.23. The summed E-state index contributed by atoms with van der Waals surface area (Å²) in [5.41, 5.74) is 3.70. The van der Waals surface area contributed by atoms with Crippen LogP contribution in [-0.4, -0.2) is 29.9 Å². The molecule has 0 bridgehead atoms. The zero-order valence-corrected chi connectivity index (χ0v) is 16.5. The molecule has 0 unspecified atom stereocenters. The van der Waals surface area contributed by atoms with Crippen molar-refractivity contribution < 1.29 is 4.39 Å². The molecule has 5 aromatic rings. The number of halogens is 2. The van der Waals surface area contributed by atoms with E-state index in [0.717, 1.165) is 10.9 Å². The molecule has 2 N–H and O–H groups in total. The summed E-state index contributed by atoms with van der Waals surface area (Å²) in [5, 5.41) is 4.77. The van der Waals surface area contributed by atoms with Gasteiger partial charge in [-0.3, -0.25) is 0 Å². The average molecular weight is 420 g/mol. The fourth-order valence-electron chi connectivity index (χ4n) is 3.41. The van der Waals surface area contributed by atoms with E-state index in [1.165, 1.54) is 12.4 Å². The molecule has 148 valence electrons. The highest BCUT2D eigenvalue weighted by atomic mass is 35.5. The van der Waals surface area contributed by atoms with Gasteiger partial charge in [-0.1, -0.05) is 29.8 Å². The smallest absolute Gasteiger partial charge is 0.213 e. The van der Waals surface area contributed by atoms with Crippen molar-refractivity contribution in [3.8, 4) is 11.4 Å². The predicted octanol–water partition coefficient (Wildman–Crippen LogP) is 4.93. The van der Waals surface area contributed by atoms with Crippen LogP contribution < -0.4 is 5.32 Å². The van der Waals surface area contributed by atoms with Gasteiger partial charge in [-0.05, 0) is 31.2 Å². The van der Waals surface area contributed by atoms with Crippen LogP contribution in [0.1, 0.15) is 18.5 Å². The molecule has 4 heterocycles. The van der Waals surface area contributed by atoms with Crippen LogP contribution in [0.5, 0.6) is 0 Å². The number of imidazole rings is 1. The summed E-state index contributed by atoms with van der Waals surface area (Å²) in [4.78, 5) is 24.4. The third kappa shape index (κ3) is 3.21. The number of anilines is 1. The quantitative estimate of drug-likeness (QED) is 0.401. The molecule has 0 aliphatic carbocycles. The van der Waals surface area contributed by atoms with Crippen LogP contribution >= 0.6 is 11.6 Å². The fraction of sp³-hybridized carbons (Fsp3) is 0.0952. The highest BCUT2D eigenvalue weighted by molar-refractivity contribution is 6.35. The molecule has 1 aromatic carbocycles. The molecular formula is C21H15ClFN7. The number of para-hydroxylation sites is 1. The van der Waals surface area contributed by atoms with Crippen LogP contribution in [0, 0.1) is 5.95 Å². The Hall–Kier alpha value is -3.65. The number of nitrogens with one attached hydrogen (secondary N) is 2. The minimum atomic E-state index is -0.574. The van der Waals surface area contributed by atoms with Gasteiger partial charge >= 0.3 is 0 Å². The summed E-state index contributed by atoms with van der Waals surface area (Å²) in [6.45, 7) is 1.97. The molecule has 4 aromatic heterocycles. The molecule has 1 atom stereocenters. The van der Waals surface area contributed by atoms with E-state index in [1.54, 1.807) is 24.5 Å². The number of benzene rings is 1. The van der Waals surface area contributed by atoms with Crippen molar-refractivity contribution in [3.63, 3.8) is 0 Å². The normalized spacial score (nSPS) is 12.4.